The smallest absolute Gasteiger partial charge is 0.304 e. The number of nitrogens with one attached hydrogen (secondary N) is 2. The Labute approximate surface area is 114 Å². The van der Waals surface area contributed by atoms with E-state index in [2.05, 4.69) is 52.8 Å². The van der Waals surface area contributed by atoms with Crippen LogP contribution in [0.5, 0.6) is 0 Å². The summed E-state index contributed by atoms with van der Waals surface area (Å²) in [5.74, 6) is 0. The van der Waals surface area contributed by atoms with E-state index in [4.69, 9.17) is 0 Å². The van der Waals surface area contributed by atoms with E-state index in [1.165, 1.54) is 27.7 Å². The van der Waals surface area contributed by atoms with Crippen LogP contribution in [0, 0.1) is 0 Å². The van der Waals surface area contributed by atoms with Crippen molar-refractivity contribution in [2.24, 2.45) is 0 Å². The predicted molar refractivity (Wildman–Crippen MR) is 79.4 cm³/mol. The van der Waals surface area contributed by atoms with Crippen LogP contribution < -0.4 is 10.2 Å². The SMILES string of the molecule is O=c1[nH]c(CNCc2cccc3ccccc23)cs1. The zero-order valence-electron chi connectivity index (χ0n) is 10.3. The van der Waals surface area contributed by atoms with Crippen molar-refractivity contribution in [1.82, 2.24) is 10.3 Å². The van der Waals surface area contributed by atoms with Gasteiger partial charge in [-0.05, 0) is 16.3 Å². The fourth-order valence-corrected chi connectivity index (χ4v) is 2.76. The summed E-state index contributed by atoms with van der Waals surface area (Å²) in [5, 5.41) is 7.75. The molecule has 0 bridgehead atoms. The van der Waals surface area contributed by atoms with Crippen molar-refractivity contribution < 1.29 is 0 Å². The molecule has 4 heteroatoms. The Balaban J connectivity index is 1.73. The number of aromatic amines is 1. The lowest BCUT2D eigenvalue weighted by atomic mass is 10.0. The number of hydrogen-bond donors (Lipinski definition) is 2. The van der Waals surface area contributed by atoms with E-state index < -0.39 is 0 Å². The van der Waals surface area contributed by atoms with Gasteiger partial charge in [-0.15, -0.1) is 0 Å². The van der Waals surface area contributed by atoms with Crippen LogP contribution in [0.15, 0.2) is 52.6 Å². The summed E-state index contributed by atoms with van der Waals surface area (Å²) in [6, 6.07) is 14.7. The average Bonchev–Trinajstić information content (AvgIpc) is 2.85. The molecule has 0 unspecified atom stereocenters. The van der Waals surface area contributed by atoms with Crippen molar-refractivity contribution in [1.29, 1.82) is 0 Å². The minimum absolute atomic E-state index is 0.00182. The molecule has 1 heterocycles. The molecule has 96 valence electrons. The van der Waals surface area contributed by atoms with E-state index in [0.29, 0.717) is 6.54 Å². The Morgan fingerprint density at radius 1 is 1.05 bits per heavy atom. The van der Waals surface area contributed by atoms with Gasteiger partial charge in [0, 0.05) is 24.2 Å². The molecule has 0 atom stereocenters. The van der Waals surface area contributed by atoms with Gasteiger partial charge in [-0.2, -0.15) is 0 Å². The Morgan fingerprint density at radius 3 is 2.74 bits per heavy atom. The Kier molecular flexibility index (Phi) is 3.44. The Bertz CT molecular complexity index is 739. The lowest BCUT2D eigenvalue weighted by Gasteiger charge is -2.07. The van der Waals surface area contributed by atoms with Crippen molar-refractivity contribution in [3.63, 3.8) is 0 Å². The number of thiazole rings is 1. The first-order valence-electron chi connectivity index (χ1n) is 6.17. The van der Waals surface area contributed by atoms with Crippen LogP contribution in [-0.4, -0.2) is 4.98 Å². The molecule has 0 amide bonds. The Hall–Kier alpha value is -1.91. The summed E-state index contributed by atoms with van der Waals surface area (Å²) in [5.41, 5.74) is 2.21. The molecule has 0 saturated carbocycles. The maximum Gasteiger partial charge on any atom is 0.304 e. The van der Waals surface area contributed by atoms with Crippen LogP contribution in [0.25, 0.3) is 10.8 Å². The summed E-state index contributed by atoms with van der Waals surface area (Å²) in [6.07, 6.45) is 0. The van der Waals surface area contributed by atoms with Gasteiger partial charge < -0.3 is 10.3 Å². The number of rotatable bonds is 4. The van der Waals surface area contributed by atoms with Crippen LogP contribution in [0.2, 0.25) is 0 Å². The lowest BCUT2D eigenvalue weighted by molar-refractivity contribution is 0.684. The summed E-state index contributed by atoms with van der Waals surface area (Å²) < 4.78 is 0. The highest BCUT2D eigenvalue weighted by Crippen LogP contribution is 2.18. The van der Waals surface area contributed by atoms with Crippen molar-refractivity contribution in [3.05, 3.63) is 68.8 Å². The monoisotopic (exact) mass is 270 g/mol. The molecule has 0 aliphatic rings. The van der Waals surface area contributed by atoms with Crippen LogP contribution in [0.4, 0.5) is 0 Å². The number of fused-ring (bicyclic) bond motifs is 1. The number of hydrogen-bond acceptors (Lipinski definition) is 3. The molecule has 1 aromatic heterocycles. The second-order valence-corrected chi connectivity index (χ2v) is 5.26. The van der Waals surface area contributed by atoms with Gasteiger partial charge >= 0.3 is 4.87 Å². The minimum Gasteiger partial charge on any atom is -0.315 e. The summed E-state index contributed by atoms with van der Waals surface area (Å²) in [6.45, 7) is 1.47. The van der Waals surface area contributed by atoms with Gasteiger partial charge in [-0.1, -0.05) is 53.8 Å². The van der Waals surface area contributed by atoms with E-state index in [1.807, 2.05) is 5.38 Å². The fourth-order valence-electron chi connectivity index (χ4n) is 2.18. The molecule has 0 aliphatic carbocycles. The van der Waals surface area contributed by atoms with Crippen molar-refractivity contribution in [3.8, 4) is 0 Å². The highest BCUT2D eigenvalue weighted by atomic mass is 32.1. The van der Waals surface area contributed by atoms with Gasteiger partial charge in [0.15, 0.2) is 0 Å². The van der Waals surface area contributed by atoms with E-state index >= 15 is 0 Å². The zero-order chi connectivity index (χ0) is 13.1. The van der Waals surface area contributed by atoms with Gasteiger partial charge in [0.05, 0.1) is 0 Å². The molecule has 0 saturated heterocycles. The molecule has 2 aromatic carbocycles. The number of H-pyrrole nitrogens is 1. The average molecular weight is 270 g/mol. The summed E-state index contributed by atoms with van der Waals surface area (Å²) in [7, 11) is 0. The van der Waals surface area contributed by atoms with Crippen LogP contribution in [0.3, 0.4) is 0 Å². The first-order valence-corrected chi connectivity index (χ1v) is 7.05. The first-order chi connectivity index (χ1) is 9.33. The lowest BCUT2D eigenvalue weighted by Crippen LogP contribution is -2.14. The van der Waals surface area contributed by atoms with Crippen LogP contribution in [0.1, 0.15) is 11.3 Å². The largest absolute Gasteiger partial charge is 0.315 e. The zero-order valence-corrected chi connectivity index (χ0v) is 11.2. The molecule has 0 spiro atoms. The molecular formula is C15H14N2OS. The van der Waals surface area contributed by atoms with Crippen molar-refractivity contribution in [2.75, 3.05) is 0 Å². The van der Waals surface area contributed by atoms with E-state index in [-0.39, 0.29) is 4.87 Å². The van der Waals surface area contributed by atoms with Crippen LogP contribution in [-0.2, 0) is 13.1 Å². The molecule has 0 aliphatic heterocycles. The van der Waals surface area contributed by atoms with E-state index in [9.17, 15) is 4.79 Å². The standard InChI is InChI=1S/C15H14N2OS/c18-15-17-13(10-19-15)9-16-8-12-6-3-5-11-4-1-2-7-14(11)12/h1-7,10,16H,8-9H2,(H,17,18). The number of aromatic nitrogens is 1. The van der Waals surface area contributed by atoms with Gasteiger partial charge in [0.1, 0.15) is 0 Å². The summed E-state index contributed by atoms with van der Waals surface area (Å²) in [4.78, 5) is 13.8. The quantitative estimate of drug-likeness (QED) is 0.765. The fraction of sp³-hybridized carbons (Fsp3) is 0.133. The third-order valence-electron chi connectivity index (χ3n) is 3.08. The second-order valence-electron chi connectivity index (χ2n) is 4.42. The highest BCUT2D eigenvalue weighted by Gasteiger charge is 2.00. The molecule has 0 fully saturated rings. The van der Waals surface area contributed by atoms with E-state index in [1.54, 1.807) is 0 Å². The molecule has 3 aromatic rings. The molecule has 2 N–H and O–H groups in total. The first kappa shape index (κ1) is 12.1. The second kappa shape index (κ2) is 5.38. The molecule has 19 heavy (non-hydrogen) atoms. The van der Waals surface area contributed by atoms with Crippen molar-refractivity contribution >= 4 is 22.1 Å². The van der Waals surface area contributed by atoms with Gasteiger partial charge in [0.25, 0.3) is 0 Å². The molecular weight excluding hydrogens is 256 g/mol. The molecule has 0 radical (unpaired) electrons. The third-order valence-corrected chi connectivity index (χ3v) is 3.80. The minimum atomic E-state index is 0.00182. The Morgan fingerprint density at radius 2 is 1.89 bits per heavy atom. The van der Waals surface area contributed by atoms with Gasteiger partial charge in [0.2, 0.25) is 0 Å². The maximum atomic E-state index is 11.0. The maximum absolute atomic E-state index is 11.0. The number of benzene rings is 2. The van der Waals surface area contributed by atoms with Gasteiger partial charge in [-0.25, -0.2) is 0 Å². The van der Waals surface area contributed by atoms with Crippen molar-refractivity contribution in [2.45, 2.75) is 13.1 Å². The predicted octanol–water partition coefficient (Wildman–Crippen LogP) is 2.88. The normalized spacial score (nSPS) is 10.9. The molecule has 3 rings (SSSR count). The van der Waals surface area contributed by atoms with Crippen LogP contribution >= 0.6 is 11.3 Å². The van der Waals surface area contributed by atoms with E-state index in [0.717, 1.165) is 12.2 Å². The molecule has 3 nitrogen and oxygen atoms in total. The van der Waals surface area contributed by atoms with Gasteiger partial charge in [-0.3, -0.25) is 4.79 Å². The highest BCUT2D eigenvalue weighted by molar-refractivity contribution is 7.07. The summed E-state index contributed by atoms with van der Waals surface area (Å²) >= 11 is 1.20. The third kappa shape index (κ3) is 2.75. The topological polar surface area (TPSA) is 44.9 Å².